The van der Waals surface area contributed by atoms with Crippen molar-refractivity contribution in [2.45, 2.75) is 17.6 Å². The predicted molar refractivity (Wildman–Crippen MR) is 76.1 cm³/mol. The third kappa shape index (κ3) is 3.53. The zero-order chi connectivity index (χ0) is 13.8. The van der Waals surface area contributed by atoms with Crippen LogP contribution in [0.25, 0.3) is 0 Å². The first-order valence-corrected chi connectivity index (χ1v) is 6.95. The van der Waals surface area contributed by atoms with E-state index in [1.807, 2.05) is 37.3 Å². The standard InChI is InChI=1S/C13H13ClN2O2S/c1-8-6-10(18-12(8)13(17)16-15)7-19-11-4-2-9(14)3-5-11/h2-6H,7,15H2,1H3,(H,16,17). The maximum atomic E-state index is 11.4. The molecule has 1 heterocycles. The monoisotopic (exact) mass is 296 g/mol. The van der Waals surface area contributed by atoms with Gasteiger partial charge in [0.15, 0.2) is 5.76 Å². The molecule has 3 N–H and O–H groups in total. The minimum Gasteiger partial charge on any atom is -0.455 e. The first kappa shape index (κ1) is 14.0. The number of aryl methyl sites for hydroxylation is 1. The van der Waals surface area contributed by atoms with Crippen LogP contribution in [0, 0.1) is 6.92 Å². The molecule has 2 aromatic rings. The second kappa shape index (κ2) is 6.14. The Hall–Kier alpha value is -1.43. The minimum absolute atomic E-state index is 0.259. The van der Waals surface area contributed by atoms with E-state index in [1.54, 1.807) is 11.8 Å². The summed E-state index contributed by atoms with van der Waals surface area (Å²) in [6.07, 6.45) is 0. The number of furan rings is 1. The number of amides is 1. The highest BCUT2D eigenvalue weighted by Crippen LogP contribution is 2.26. The molecule has 19 heavy (non-hydrogen) atoms. The number of halogens is 1. The summed E-state index contributed by atoms with van der Waals surface area (Å²) in [4.78, 5) is 12.5. The zero-order valence-electron chi connectivity index (χ0n) is 10.3. The van der Waals surface area contributed by atoms with Crippen molar-refractivity contribution in [3.8, 4) is 0 Å². The number of hydrogen-bond acceptors (Lipinski definition) is 4. The number of nitrogens with two attached hydrogens (primary N) is 1. The lowest BCUT2D eigenvalue weighted by atomic mass is 10.2. The first-order chi connectivity index (χ1) is 9.10. The molecule has 0 bridgehead atoms. The van der Waals surface area contributed by atoms with Gasteiger partial charge in [-0.1, -0.05) is 11.6 Å². The fraction of sp³-hybridized carbons (Fsp3) is 0.154. The third-order valence-electron chi connectivity index (χ3n) is 2.50. The molecule has 0 radical (unpaired) electrons. The molecule has 4 nitrogen and oxygen atoms in total. The number of carbonyl (C=O) groups excluding carboxylic acids is 1. The van der Waals surface area contributed by atoms with Crippen molar-refractivity contribution in [1.82, 2.24) is 5.43 Å². The van der Waals surface area contributed by atoms with Gasteiger partial charge < -0.3 is 4.42 Å². The Morgan fingerprint density at radius 3 is 2.74 bits per heavy atom. The van der Waals surface area contributed by atoms with E-state index in [0.29, 0.717) is 10.8 Å². The van der Waals surface area contributed by atoms with Gasteiger partial charge in [0, 0.05) is 15.5 Å². The van der Waals surface area contributed by atoms with Gasteiger partial charge in [-0.05, 0) is 37.3 Å². The number of thioether (sulfide) groups is 1. The summed E-state index contributed by atoms with van der Waals surface area (Å²) >= 11 is 7.43. The Balaban J connectivity index is 2.04. The summed E-state index contributed by atoms with van der Waals surface area (Å²) in [5.74, 6) is 6.30. The van der Waals surface area contributed by atoms with Crippen LogP contribution in [-0.2, 0) is 5.75 Å². The largest absolute Gasteiger partial charge is 0.455 e. The van der Waals surface area contributed by atoms with Crippen LogP contribution in [0.4, 0.5) is 0 Å². The summed E-state index contributed by atoms with van der Waals surface area (Å²) in [7, 11) is 0. The lowest BCUT2D eigenvalue weighted by Crippen LogP contribution is -2.30. The van der Waals surface area contributed by atoms with Crippen LogP contribution in [0.1, 0.15) is 21.9 Å². The fourth-order valence-electron chi connectivity index (χ4n) is 1.60. The summed E-state index contributed by atoms with van der Waals surface area (Å²) in [6.45, 7) is 1.81. The maximum absolute atomic E-state index is 11.4. The summed E-state index contributed by atoms with van der Waals surface area (Å²) in [5.41, 5.74) is 2.83. The Labute approximate surface area is 120 Å². The molecule has 0 unspecified atom stereocenters. The van der Waals surface area contributed by atoms with Crippen molar-refractivity contribution in [3.63, 3.8) is 0 Å². The highest BCUT2D eigenvalue weighted by molar-refractivity contribution is 7.98. The second-order valence-corrected chi connectivity index (χ2v) is 5.43. The molecule has 0 aliphatic rings. The molecule has 100 valence electrons. The van der Waals surface area contributed by atoms with Crippen molar-refractivity contribution in [1.29, 1.82) is 0 Å². The maximum Gasteiger partial charge on any atom is 0.301 e. The number of hydrogen-bond donors (Lipinski definition) is 2. The topological polar surface area (TPSA) is 68.3 Å². The van der Waals surface area contributed by atoms with Gasteiger partial charge in [0.1, 0.15) is 5.76 Å². The lowest BCUT2D eigenvalue weighted by molar-refractivity contribution is 0.0923. The second-order valence-electron chi connectivity index (χ2n) is 3.94. The van der Waals surface area contributed by atoms with E-state index in [1.165, 1.54) is 0 Å². The number of carbonyl (C=O) groups is 1. The van der Waals surface area contributed by atoms with Crippen LogP contribution in [-0.4, -0.2) is 5.91 Å². The van der Waals surface area contributed by atoms with Crippen molar-refractivity contribution in [3.05, 3.63) is 52.4 Å². The van der Waals surface area contributed by atoms with Crippen LogP contribution in [0.15, 0.2) is 39.6 Å². The quantitative estimate of drug-likeness (QED) is 0.394. The van der Waals surface area contributed by atoms with Gasteiger partial charge in [-0.15, -0.1) is 11.8 Å². The van der Waals surface area contributed by atoms with Crippen LogP contribution in [0.5, 0.6) is 0 Å². The average Bonchev–Trinajstić information content (AvgIpc) is 2.78. The normalized spacial score (nSPS) is 10.5. The van der Waals surface area contributed by atoms with Gasteiger partial charge in [0.05, 0.1) is 5.75 Å². The number of rotatable bonds is 4. The van der Waals surface area contributed by atoms with Crippen molar-refractivity contribution < 1.29 is 9.21 Å². The molecule has 1 amide bonds. The molecule has 1 aromatic heterocycles. The van der Waals surface area contributed by atoms with E-state index in [2.05, 4.69) is 5.43 Å². The Kier molecular flexibility index (Phi) is 4.52. The van der Waals surface area contributed by atoms with Gasteiger partial charge in [-0.25, -0.2) is 5.84 Å². The summed E-state index contributed by atoms with van der Waals surface area (Å²) in [6, 6.07) is 9.40. The SMILES string of the molecule is Cc1cc(CSc2ccc(Cl)cc2)oc1C(=O)NN. The van der Waals surface area contributed by atoms with E-state index >= 15 is 0 Å². The number of hydrazine groups is 1. The van der Waals surface area contributed by atoms with Gasteiger partial charge in [0.25, 0.3) is 0 Å². The molecular formula is C13H13ClN2O2S. The highest BCUT2D eigenvalue weighted by Gasteiger charge is 2.14. The molecule has 6 heteroatoms. The average molecular weight is 297 g/mol. The molecule has 0 aliphatic heterocycles. The molecule has 1 aromatic carbocycles. The van der Waals surface area contributed by atoms with E-state index < -0.39 is 5.91 Å². The molecule has 0 aliphatic carbocycles. The third-order valence-corrected chi connectivity index (χ3v) is 3.79. The fourth-order valence-corrected chi connectivity index (χ4v) is 2.50. The molecule has 0 spiro atoms. The molecular weight excluding hydrogens is 284 g/mol. The van der Waals surface area contributed by atoms with Crippen molar-refractivity contribution in [2.75, 3.05) is 0 Å². The Morgan fingerprint density at radius 1 is 1.42 bits per heavy atom. The van der Waals surface area contributed by atoms with Crippen LogP contribution < -0.4 is 11.3 Å². The van der Waals surface area contributed by atoms with Gasteiger partial charge >= 0.3 is 5.91 Å². The number of benzene rings is 1. The molecule has 2 rings (SSSR count). The molecule has 0 saturated carbocycles. The minimum atomic E-state index is -0.416. The van der Waals surface area contributed by atoms with E-state index in [9.17, 15) is 4.79 Å². The van der Waals surface area contributed by atoms with E-state index in [-0.39, 0.29) is 5.76 Å². The number of nitrogen functional groups attached to an aromatic ring is 1. The van der Waals surface area contributed by atoms with E-state index in [4.69, 9.17) is 21.9 Å². The summed E-state index contributed by atoms with van der Waals surface area (Å²) in [5, 5.41) is 0.708. The van der Waals surface area contributed by atoms with Crippen LogP contribution in [0.2, 0.25) is 5.02 Å². The summed E-state index contributed by atoms with van der Waals surface area (Å²) < 4.78 is 5.47. The first-order valence-electron chi connectivity index (χ1n) is 5.59. The molecule has 0 saturated heterocycles. The van der Waals surface area contributed by atoms with Crippen LogP contribution >= 0.6 is 23.4 Å². The van der Waals surface area contributed by atoms with Gasteiger partial charge in [-0.2, -0.15) is 0 Å². The molecule has 0 atom stereocenters. The van der Waals surface area contributed by atoms with Crippen molar-refractivity contribution in [2.24, 2.45) is 5.84 Å². The van der Waals surface area contributed by atoms with E-state index in [0.717, 1.165) is 16.2 Å². The van der Waals surface area contributed by atoms with Gasteiger partial charge in [-0.3, -0.25) is 10.2 Å². The molecule has 0 fully saturated rings. The Bertz CT molecular complexity index is 581. The van der Waals surface area contributed by atoms with Gasteiger partial charge in [0.2, 0.25) is 0 Å². The lowest BCUT2D eigenvalue weighted by Gasteiger charge is -1.99. The van der Waals surface area contributed by atoms with Crippen molar-refractivity contribution >= 4 is 29.3 Å². The predicted octanol–water partition coefficient (Wildman–Crippen LogP) is 3.14. The highest BCUT2D eigenvalue weighted by atomic mass is 35.5. The Morgan fingerprint density at radius 2 is 2.11 bits per heavy atom. The number of nitrogens with one attached hydrogen (secondary N) is 1. The smallest absolute Gasteiger partial charge is 0.301 e. The van der Waals surface area contributed by atoms with Crippen LogP contribution in [0.3, 0.4) is 0 Å². The zero-order valence-corrected chi connectivity index (χ0v) is 11.8.